The van der Waals surface area contributed by atoms with Gasteiger partial charge in [0.05, 0.1) is 6.61 Å². The molecule has 0 bridgehead atoms. The van der Waals surface area contributed by atoms with Crippen LogP contribution >= 0.6 is 11.8 Å². The Balaban J connectivity index is 0.000000284. The highest BCUT2D eigenvalue weighted by Crippen LogP contribution is 2.51. The number of benzene rings is 3. The molecule has 46 heavy (non-hydrogen) atoms. The number of carbonyl (C=O) groups excluding carboxylic acids is 4. The van der Waals surface area contributed by atoms with Crippen molar-refractivity contribution in [1.29, 1.82) is 0 Å². The van der Waals surface area contributed by atoms with Crippen LogP contribution in [0.5, 0.6) is 0 Å². The number of ether oxygens (including phenoxy) is 3. The Bertz CT molecular complexity index is 1710. The molecule has 2 fully saturated rings. The van der Waals surface area contributed by atoms with Crippen LogP contribution in [0, 0.1) is 0 Å². The topological polar surface area (TPSA) is 192 Å². The molecule has 1 unspecified atom stereocenters. The average Bonchev–Trinajstić information content (AvgIpc) is 3.26. The van der Waals surface area contributed by atoms with E-state index in [4.69, 9.17) is 19.8 Å². The third-order valence-electron chi connectivity index (χ3n) is 7.24. The predicted octanol–water partition coefficient (Wildman–Crippen LogP) is 3.38. The number of nitrogens with zero attached hydrogens (tertiary/aromatic N) is 1. The SMILES string of the molecule is CCOC(=O)OC(C)OC(=O)[C@@H]1N2C(=O)[C@@H](NC(=O)[C@H](N)c3ccccc3)[C@H]2SC1(C)C.O=S(=O)(O)c1cccc2ccccc12. The fraction of sp³-hybridized carbons (Fsp3) is 0.355. The number of rotatable bonds is 8. The summed E-state index contributed by atoms with van der Waals surface area (Å²) in [4.78, 5) is 51.0. The molecule has 246 valence electrons. The molecule has 3 aromatic rings. The molecule has 4 N–H and O–H groups in total. The minimum absolute atomic E-state index is 0.0457. The molecule has 2 heterocycles. The predicted molar refractivity (Wildman–Crippen MR) is 169 cm³/mol. The second-order valence-corrected chi connectivity index (χ2v) is 14.1. The Labute approximate surface area is 270 Å². The van der Waals surface area contributed by atoms with Gasteiger partial charge in [0, 0.05) is 17.1 Å². The number of nitrogens with two attached hydrogens (primary N) is 1. The number of esters is 1. The van der Waals surface area contributed by atoms with E-state index in [1.54, 1.807) is 75.4 Å². The average molecular weight is 674 g/mol. The van der Waals surface area contributed by atoms with Gasteiger partial charge in [0.25, 0.3) is 10.1 Å². The quantitative estimate of drug-likeness (QED) is 0.137. The first-order valence-corrected chi connectivity index (χ1v) is 16.6. The first-order valence-electron chi connectivity index (χ1n) is 14.3. The molecule has 0 radical (unpaired) electrons. The first-order chi connectivity index (χ1) is 21.7. The van der Waals surface area contributed by atoms with Crippen LogP contribution in [0.4, 0.5) is 4.79 Å². The van der Waals surface area contributed by atoms with E-state index in [0.29, 0.717) is 10.9 Å². The number of hydrogen-bond acceptors (Lipinski definition) is 11. The van der Waals surface area contributed by atoms with Gasteiger partial charge < -0.3 is 30.2 Å². The van der Waals surface area contributed by atoms with Gasteiger partial charge >= 0.3 is 12.1 Å². The highest BCUT2D eigenvalue weighted by Gasteiger charge is 2.64. The highest BCUT2D eigenvalue weighted by molar-refractivity contribution is 8.01. The number of carbonyl (C=O) groups is 4. The van der Waals surface area contributed by atoms with E-state index in [1.165, 1.54) is 29.7 Å². The Morgan fingerprint density at radius 2 is 1.65 bits per heavy atom. The minimum atomic E-state index is -4.13. The molecule has 0 aliphatic carbocycles. The number of hydrogen-bond donors (Lipinski definition) is 3. The van der Waals surface area contributed by atoms with Crippen molar-refractivity contribution in [3.05, 3.63) is 78.4 Å². The zero-order chi connectivity index (χ0) is 33.8. The molecule has 2 aliphatic rings. The summed E-state index contributed by atoms with van der Waals surface area (Å²) in [6.07, 6.45) is -2.14. The number of thioether (sulfide) groups is 1. The Hall–Kier alpha value is -4.18. The van der Waals surface area contributed by atoms with Gasteiger partial charge in [0.2, 0.25) is 18.1 Å². The molecule has 0 spiro atoms. The molecule has 13 nitrogen and oxygen atoms in total. The van der Waals surface area contributed by atoms with Crippen LogP contribution in [0.15, 0.2) is 77.7 Å². The molecule has 0 saturated carbocycles. The van der Waals surface area contributed by atoms with Crippen LogP contribution in [0.25, 0.3) is 10.8 Å². The van der Waals surface area contributed by atoms with Crippen molar-refractivity contribution >= 4 is 56.6 Å². The second kappa shape index (κ2) is 14.1. The lowest BCUT2D eigenvalue weighted by molar-refractivity contribution is -0.180. The van der Waals surface area contributed by atoms with Crippen molar-refractivity contribution in [2.45, 2.75) is 67.1 Å². The maximum Gasteiger partial charge on any atom is 0.511 e. The van der Waals surface area contributed by atoms with Crippen molar-refractivity contribution in [3.8, 4) is 0 Å². The van der Waals surface area contributed by atoms with Gasteiger partial charge in [-0.1, -0.05) is 66.7 Å². The molecule has 5 rings (SSSR count). The summed E-state index contributed by atoms with van der Waals surface area (Å²) in [6, 6.07) is 18.0. The van der Waals surface area contributed by atoms with Crippen molar-refractivity contribution < 1.29 is 46.4 Å². The van der Waals surface area contributed by atoms with Gasteiger partial charge in [0.1, 0.15) is 28.4 Å². The summed E-state index contributed by atoms with van der Waals surface area (Å²) >= 11 is 1.38. The van der Waals surface area contributed by atoms with Crippen LogP contribution in [0.3, 0.4) is 0 Å². The smallest absolute Gasteiger partial charge is 0.435 e. The third kappa shape index (κ3) is 7.61. The molecule has 2 aliphatic heterocycles. The minimum Gasteiger partial charge on any atom is -0.435 e. The zero-order valence-electron chi connectivity index (χ0n) is 25.5. The third-order valence-corrected chi connectivity index (χ3v) is 9.72. The standard InChI is InChI=1S/C21H27N3O7S.C10H8O3S/c1-5-29-20(28)31-11(2)30-19(27)15-21(3,4)32-18-14(17(26)24(15)18)23-16(25)13(22)12-9-7-6-8-10-12;11-14(12,13)10-7-3-5-8-4-1-2-6-9(8)10/h6-11,13-15,18H,5,22H2,1-4H3,(H,23,25);1-7H,(H,11,12,13)/t11?,13-,14-,15+,18-;/m1./s1. The van der Waals surface area contributed by atoms with Crippen molar-refractivity contribution in [3.63, 3.8) is 0 Å². The molecule has 2 saturated heterocycles. The van der Waals surface area contributed by atoms with Gasteiger partial charge in [-0.3, -0.25) is 14.1 Å². The summed E-state index contributed by atoms with van der Waals surface area (Å²) in [5.41, 5.74) is 6.65. The lowest BCUT2D eigenvalue weighted by Gasteiger charge is -2.44. The molecule has 15 heteroatoms. The van der Waals surface area contributed by atoms with Gasteiger partial charge in [-0.05, 0) is 37.8 Å². The number of amides is 2. The van der Waals surface area contributed by atoms with Gasteiger partial charge in [0.15, 0.2) is 0 Å². The van der Waals surface area contributed by atoms with E-state index in [2.05, 4.69) is 10.1 Å². The lowest BCUT2D eigenvalue weighted by Crippen LogP contribution is -2.71. The second-order valence-electron chi connectivity index (χ2n) is 10.9. The van der Waals surface area contributed by atoms with E-state index in [-0.39, 0.29) is 11.5 Å². The molecule has 0 aromatic heterocycles. The van der Waals surface area contributed by atoms with Crippen molar-refractivity contribution in [2.24, 2.45) is 5.73 Å². The van der Waals surface area contributed by atoms with Crippen LogP contribution in [0.2, 0.25) is 0 Å². The van der Waals surface area contributed by atoms with E-state index in [9.17, 15) is 27.6 Å². The lowest BCUT2D eigenvalue weighted by atomic mass is 9.95. The van der Waals surface area contributed by atoms with E-state index in [0.717, 1.165) is 5.39 Å². The van der Waals surface area contributed by atoms with E-state index >= 15 is 0 Å². The van der Waals surface area contributed by atoms with Crippen LogP contribution in [-0.4, -0.2) is 76.9 Å². The largest absolute Gasteiger partial charge is 0.511 e. The number of nitrogens with one attached hydrogen (secondary N) is 1. The van der Waals surface area contributed by atoms with Crippen molar-refractivity contribution in [2.75, 3.05) is 6.61 Å². The van der Waals surface area contributed by atoms with Crippen molar-refractivity contribution in [1.82, 2.24) is 10.2 Å². The van der Waals surface area contributed by atoms with Gasteiger partial charge in [-0.15, -0.1) is 11.8 Å². The summed E-state index contributed by atoms with van der Waals surface area (Å²) in [5, 5.41) is 3.59. The van der Waals surface area contributed by atoms with E-state index < -0.39 is 68.6 Å². The van der Waals surface area contributed by atoms with E-state index in [1.807, 2.05) is 12.1 Å². The highest BCUT2D eigenvalue weighted by atomic mass is 32.2. The zero-order valence-corrected chi connectivity index (χ0v) is 27.1. The van der Waals surface area contributed by atoms with Crippen LogP contribution in [-0.2, 0) is 38.7 Å². The summed E-state index contributed by atoms with van der Waals surface area (Å²) in [6.45, 7) is 6.74. The summed E-state index contributed by atoms with van der Waals surface area (Å²) in [7, 11) is -4.13. The van der Waals surface area contributed by atoms with Gasteiger partial charge in [-0.2, -0.15) is 8.42 Å². The van der Waals surface area contributed by atoms with Gasteiger partial charge in [-0.25, -0.2) is 9.59 Å². The monoisotopic (exact) mass is 673 g/mol. The Morgan fingerprint density at radius 3 is 2.30 bits per heavy atom. The molecule has 3 aromatic carbocycles. The molecular formula is C31H35N3O10S2. The van der Waals surface area contributed by atoms with Crippen LogP contribution in [0.1, 0.15) is 39.3 Å². The first kappa shape index (κ1) is 34.7. The molecule has 5 atom stereocenters. The number of fused-ring (bicyclic) bond motifs is 2. The number of β-lactam (4-membered cyclic amide) rings is 1. The Kier molecular flexibility index (Phi) is 10.6. The summed E-state index contributed by atoms with van der Waals surface area (Å²) in [5.74, 6) is -1.58. The maximum absolute atomic E-state index is 12.8. The molecule has 2 amide bonds. The summed E-state index contributed by atoms with van der Waals surface area (Å²) < 4.78 is 45.0. The van der Waals surface area contributed by atoms with Crippen LogP contribution < -0.4 is 11.1 Å². The maximum atomic E-state index is 12.8. The fourth-order valence-electron chi connectivity index (χ4n) is 5.14. The molecular weight excluding hydrogens is 638 g/mol. The fourth-order valence-corrected chi connectivity index (χ4v) is 7.48. The normalized spacial score (nSPS) is 21.0. The Morgan fingerprint density at radius 1 is 1.02 bits per heavy atom.